The minimum atomic E-state index is 0.750. The van der Waals surface area contributed by atoms with Crippen LogP contribution in [0.15, 0.2) is 36.5 Å². The Morgan fingerprint density at radius 3 is 2.31 bits per heavy atom. The van der Waals surface area contributed by atoms with Gasteiger partial charge in [-0.05, 0) is 31.5 Å². The Labute approximate surface area is 97.3 Å². The maximum absolute atomic E-state index is 8.81. The smallest absolute Gasteiger partial charge is 0.116 e. The summed E-state index contributed by atoms with van der Waals surface area (Å²) in [4.78, 5) is 13.0. The molecule has 2 aromatic rings. The number of aromatic nitrogens is 1. The van der Waals surface area contributed by atoms with Gasteiger partial charge in [-0.15, -0.1) is 0 Å². The number of aldehydes is 1. The van der Waals surface area contributed by atoms with Crippen LogP contribution in [0.1, 0.15) is 26.3 Å². The zero-order chi connectivity index (χ0) is 12.4. The van der Waals surface area contributed by atoms with Crippen LogP contribution in [0.25, 0.3) is 10.9 Å². The first-order chi connectivity index (χ1) is 7.79. The molecule has 0 aliphatic carbocycles. The summed E-state index contributed by atoms with van der Waals surface area (Å²) in [7, 11) is 0. The molecule has 1 aromatic heterocycles. The Morgan fingerprint density at radius 2 is 1.75 bits per heavy atom. The van der Waals surface area contributed by atoms with E-state index in [0.29, 0.717) is 0 Å². The third-order valence-electron chi connectivity index (χ3n) is 1.86. The molecular formula is C14H19NO. The van der Waals surface area contributed by atoms with Gasteiger partial charge in [-0.25, -0.2) is 0 Å². The van der Waals surface area contributed by atoms with Gasteiger partial charge in [-0.1, -0.05) is 32.0 Å². The fraction of sp³-hybridized carbons (Fsp3) is 0.286. The van der Waals surface area contributed by atoms with Gasteiger partial charge >= 0.3 is 0 Å². The van der Waals surface area contributed by atoms with Crippen molar-refractivity contribution in [3.05, 3.63) is 42.1 Å². The number of carbonyl (C=O) groups excluding carboxylic acids is 1. The summed E-state index contributed by atoms with van der Waals surface area (Å²) in [6.45, 7) is 7.55. The van der Waals surface area contributed by atoms with Crippen LogP contribution in [-0.2, 0) is 4.79 Å². The fourth-order valence-corrected chi connectivity index (χ4v) is 1.26. The van der Waals surface area contributed by atoms with Crippen molar-refractivity contribution < 1.29 is 4.79 Å². The first kappa shape index (κ1) is 14.3. The molecule has 0 saturated carbocycles. The molecule has 0 amide bonds. The number of carbonyl (C=O) groups is 1. The maximum atomic E-state index is 8.81. The highest BCUT2D eigenvalue weighted by molar-refractivity contribution is 5.81. The lowest BCUT2D eigenvalue weighted by atomic mass is 10.1. The zero-order valence-corrected chi connectivity index (χ0v) is 10.4. The molecular weight excluding hydrogens is 198 g/mol. The van der Waals surface area contributed by atoms with E-state index < -0.39 is 0 Å². The number of benzene rings is 1. The molecule has 0 atom stereocenters. The molecule has 0 fully saturated rings. The van der Waals surface area contributed by atoms with E-state index in [4.69, 9.17) is 4.79 Å². The fourth-order valence-electron chi connectivity index (χ4n) is 1.26. The van der Waals surface area contributed by atoms with Crippen molar-refractivity contribution in [2.24, 2.45) is 0 Å². The van der Waals surface area contributed by atoms with E-state index in [-0.39, 0.29) is 0 Å². The Hall–Kier alpha value is -1.70. The monoisotopic (exact) mass is 217 g/mol. The molecule has 0 aliphatic heterocycles. The molecule has 1 aromatic carbocycles. The summed E-state index contributed by atoms with van der Waals surface area (Å²) in [5.41, 5.74) is 2.36. The molecule has 0 saturated heterocycles. The van der Waals surface area contributed by atoms with Gasteiger partial charge in [0.15, 0.2) is 0 Å². The van der Waals surface area contributed by atoms with Crippen molar-refractivity contribution in [2.75, 3.05) is 0 Å². The van der Waals surface area contributed by atoms with Crippen LogP contribution < -0.4 is 0 Å². The molecule has 0 radical (unpaired) electrons. The van der Waals surface area contributed by atoms with E-state index >= 15 is 0 Å². The van der Waals surface area contributed by atoms with Crippen molar-refractivity contribution in [1.82, 2.24) is 4.98 Å². The maximum Gasteiger partial charge on any atom is 0.116 e. The number of nitrogens with zero attached hydrogens (tertiary/aromatic N) is 1. The minimum Gasteiger partial charge on any atom is -0.304 e. The number of hydrogen-bond acceptors (Lipinski definition) is 2. The van der Waals surface area contributed by atoms with Gasteiger partial charge in [0.1, 0.15) is 6.29 Å². The van der Waals surface area contributed by atoms with Gasteiger partial charge < -0.3 is 4.79 Å². The minimum absolute atomic E-state index is 0.750. The van der Waals surface area contributed by atoms with Gasteiger partial charge in [-0.2, -0.15) is 0 Å². The lowest BCUT2D eigenvalue weighted by Crippen LogP contribution is -1.79. The third kappa shape index (κ3) is 4.22. The highest BCUT2D eigenvalue weighted by Crippen LogP contribution is 2.14. The zero-order valence-electron chi connectivity index (χ0n) is 10.4. The lowest BCUT2D eigenvalue weighted by Gasteiger charge is -1.97. The first-order valence-electron chi connectivity index (χ1n) is 5.49. The molecule has 0 N–H and O–H groups in total. The summed E-state index contributed by atoms with van der Waals surface area (Å²) in [6, 6.07) is 10.2. The molecule has 2 heteroatoms. The number of aryl methyl sites for hydroxylation is 1. The average molecular weight is 217 g/mol. The second kappa shape index (κ2) is 8.60. The molecule has 0 spiro atoms. The number of fused-ring (bicyclic) bond motifs is 1. The van der Waals surface area contributed by atoms with Gasteiger partial charge in [0.2, 0.25) is 0 Å². The summed E-state index contributed by atoms with van der Waals surface area (Å²) >= 11 is 0. The first-order valence-corrected chi connectivity index (χ1v) is 5.49. The van der Waals surface area contributed by atoms with Gasteiger partial charge in [0.25, 0.3) is 0 Å². The molecule has 1 heterocycles. The number of hydrogen-bond donors (Lipinski definition) is 0. The van der Waals surface area contributed by atoms with E-state index in [9.17, 15) is 0 Å². The molecule has 2 nitrogen and oxygen atoms in total. The lowest BCUT2D eigenvalue weighted by molar-refractivity contribution is -0.106. The topological polar surface area (TPSA) is 30.0 Å². The molecule has 2 rings (SSSR count). The van der Waals surface area contributed by atoms with E-state index in [2.05, 4.69) is 24.0 Å². The van der Waals surface area contributed by atoms with Crippen molar-refractivity contribution in [3.63, 3.8) is 0 Å². The van der Waals surface area contributed by atoms with E-state index in [1.807, 2.05) is 38.2 Å². The van der Waals surface area contributed by atoms with Crippen molar-refractivity contribution in [3.8, 4) is 0 Å². The third-order valence-corrected chi connectivity index (χ3v) is 1.86. The second-order valence-corrected chi connectivity index (χ2v) is 2.88. The molecule has 0 unspecified atom stereocenters. The van der Waals surface area contributed by atoms with Crippen LogP contribution >= 0.6 is 0 Å². The van der Waals surface area contributed by atoms with Crippen molar-refractivity contribution in [1.29, 1.82) is 0 Å². The Kier molecular flexibility index (Phi) is 7.68. The van der Waals surface area contributed by atoms with Crippen molar-refractivity contribution in [2.45, 2.75) is 27.7 Å². The van der Waals surface area contributed by atoms with Crippen LogP contribution in [0, 0.1) is 6.92 Å². The van der Waals surface area contributed by atoms with Crippen LogP contribution in [-0.4, -0.2) is 11.3 Å². The van der Waals surface area contributed by atoms with Gasteiger partial charge in [0, 0.05) is 11.6 Å². The summed E-state index contributed by atoms with van der Waals surface area (Å²) in [6.07, 6.45) is 2.57. The summed E-state index contributed by atoms with van der Waals surface area (Å²) < 4.78 is 0. The van der Waals surface area contributed by atoms with Gasteiger partial charge in [0.05, 0.1) is 5.52 Å². The van der Waals surface area contributed by atoms with Crippen LogP contribution in [0.5, 0.6) is 0 Å². The Morgan fingerprint density at radius 1 is 1.12 bits per heavy atom. The summed E-state index contributed by atoms with van der Waals surface area (Å²) in [5, 5.41) is 1.25. The number of pyridine rings is 1. The van der Waals surface area contributed by atoms with Crippen LogP contribution in [0.4, 0.5) is 0 Å². The molecule has 0 bridgehead atoms. The average Bonchev–Trinajstić information content (AvgIpc) is 2.33. The predicted molar refractivity (Wildman–Crippen MR) is 69.6 cm³/mol. The standard InChI is InChI=1S/C10H9N.C2H4O.C2H6/c1-8-4-2-6-10-9(8)5-3-7-11-10;1-2-3;1-2/h2-7H,1H3;2H,1H3;1-2H3. The highest BCUT2D eigenvalue weighted by Gasteiger charge is 1.93. The van der Waals surface area contributed by atoms with E-state index in [1.54, 1.807) is 0 Å². The highest BCUT2D eigenvalue weighted by atomic mass is 16.1. The van der Waals surface area contributed by atoms with E-state index in [1.165, 1.54) is 17.9 Å². The van der Waals surface area contributed by atoms with Crippen molar-refractivity contribution >= 4 is 17.2 Å². The van der Waals surface area contributed by atoms with Crippen LogP contribution in [0.3, 0.4) is 0 Å². The Balaban J connectivity index is 0.000000394. The molecule has 16 heavy (non-hydrogen) atoms. The van der Waals surface area contributed by atoms with Crippen LogP contribution in [0.2, 0.25) is 0 Å². The summed E-state index contributed by atoms with van der Waals surface area (Å²) in [5.74, 6) is 0. The molecule has 0 aliphatic rings. The van der Waals surface area contributed by atoms with E-state index in [0.717, 1.165) is 11.8 Å². The second-order valence-electron chi connectivity index (χ2n) is 2.88. The predicted octanol–water partition coefficient (Wildman–Crippen LogP) is 3.77. The number of rotatable bonds is 0. The SMILES string of the molecule is CC.CC=O.Cc1cccc2ncccc12. The largest absolute Gasteiger partial charge is 0.304 e. The normalized spacial score (nSPS) is 8.25. The van der Waals surface area contributed by atoms with Gasteiger partial charge in [-0.3, -0.25) is 4.98 Å². The quantitative estimate of drug-likeness (QED) is 0.629. The Bertz CT molecular complexity index is 419. The molecule has 86 valence electrons.